The first-order valence-corrected chi connectivity index (χ1v) is 12.2. The monoisotopic (exact) mass is 549 g/mol. The Morgan fingerprint density at radius 3 is 2.47 bits per heavy atom. The lowest BCUT2D eigenvalue weighted by molar-refractivity contribution is -0.384. The van der Waals surface area contributed by atoms with Crippen molar-refractivity contribution in [3.8, 4) is 11.5 Å². The maximum atomic E-state index is 12.9. The highest BCUT2D eigenvalue weighted by Gasteiger charge is 2.34. The number of nitro benzene ring substituents is 1. The minimum absolute atomic E-state index is 0.00156. The van der Waals surface area contributed by atoms with Crippen molar-refractivity contribution in [1.29, 1.82) is 0 Å². The third kappa shape index (κ3) is 5.88. The number of carbonyl (C=O) groups excluding carboxylic acids is 3. The summed E-state index contributed by atoms with van der Waals surface area (Å²) < 4.78 is 10.9. The highest BCUT2D eigenvalue weighted by molar-refractivity contribution is 8.26. The van der Waals surface area contributed by atoms with E-state index >= 15 is 0 Å². The molecule has 1 fully saturated rings. The maximum absolute atomic E-state index is 12.9. The summed E-state index contributed by atoms with van der Waals surface area (Å²) in [7, 11) is 1.38. The fourth-order valence-electron chi connectivity index (χ4n) is 3.35. The van der Waals surface area contributed by atoms with Crippen molar-refractivity contribution in [3.63, 3.8) is 0 Å². The number of nitrogens with zero attached hydrogens (tertiary/aromatic N) is 2. The molecule has 192 valence electrons. The van der Waals surface area contributed by atoms with Crippen LogP contribution in [0.3, 0.4) is 0 Å². The van der Waals surface area contributed by atoms with Crippen LogP contribution in [0.4, 0.5) is 5.69 Å². The largest absolute Gasteiger partial charge is 0.493 e. The molecule has 0 spiro atoms. The molecule has 0 atom stereocenters. The first kappa shape index (κ1) is 26.5. The summed E-state index contributed by atoms with van der Waals surface area (Å²) in [5, 5.41) is 12.0. The van der Waals surface area contributed by atoms with Crippen LogP contribution in [-0.2, 0) is 4.79 Å². The van der Waals surface area contributed by atoms with E-state index in [0.29, 0.717) is 11.1 Å². The SMILES string of the molecule is COc1cc(/C=C2/SC(=S)N(NC(=O)c3ccc(C)cc3)C2=O)ccc1OC(=O)c1cccc([N+](=O)[O-])c1. The molecule has 0 aromatic heterocycles. The molecule has 0 bridgehead atoms. The number of methoxy groups -OCH3 is 1. The van der Waals surface area contributed by atoms with Gasteiger partial charge in [-0.15, -0.1) is 0 Å². The number of esters is 1. The van der Waals surface area contributed by atoms with Crippen molar-refractivity contribution in [2.24, 2.45) is 0 Å². The van der Waals surface area contributed by atoms with E-state index in [2.05, 4.69) is 5.43 Å². The van der Waals surface area contributed by atoms with E-state index in [1.165, 1.54) is 31.4 Å². The van der Waals surface area contributed by atoms with E-state index in [-0.39, 0.29) is 32.0 Å². The van der Waals surface area contributed by atoms with Gasteiger partial charge in [-0.1, -0.05) is 41.6 Å². The number of thiocarbonyl (C=S) groups is 1. The number of nitro groups is 1. The standard InChI is InChI=1S/C26H19N3O7S2/c1-15-6-9-17(10-7-15)23(30)27-28-24(31)22(38-26(28)37)13-16-8-11-20(21(12-16)35-2)36-25(32)18-4-3-5-19(14-18)29(33)34/h3-14H,1-2H3,(H,27,30)/b22-13+. The van der Waals surface area contributed by atoms with E-state index < -0.39 is 22.7 Å². The highest BCUT2D eigenvalue weighted by Crippen LogP contribution is 2.34. The Morgan fingerprint density at radius 1 is 1.05 bits per heavy atom. The Bertz CT molecular complexity index is 1500. The van der Waals surface area contributed by atoms with Gasteiger partial charge in [-0.3, -0.25) is 25.1 Å². The van der Waals surface area contributed by atoms with E-state index in [0.717, 1.165) is 28.4 Å². The molecule has 0 aliphatic carbocycles. The van der Waals surface area contributed by atoms with Crippen LogP contribution in [0.1, 0.15) is 31.8 Å². The highest BCUT2D eigenvalue weighted by atomic mass is 32.2. The fourth-order valence-corrected chi connectivity index (χ4v) is 4.53. The van der Waals surface area contributed by atoms with Crippen molar-refractivity contribution >= 4 is 57.8 Å². The number of aryl methyl sites for hydroxylation is 1. The molecule has 0 saturated carbocycles. The van der Waals surface area contributed by atoms with Crippen LogP contribution in [0.5, 0.6) is 11.5 Å². The lowest BCUT2D eigenvalue weighted by Crippen LogP contribution is -2.44. The summed E-state index contributed by atoms with van der Waals surface area (Å²) in [5.41, 5.74) is 4.21. The van der Waals surface area contributed by atoms with Crippen molar-refractivity contribution < 1.29 is 28.8 Å². The molecule has 1 aliphatic heterocycles. The molecule has 38 heavy (non-hydrogen) atoms. The number of hydrogen-bond acceptors (Lipinski definition) is 9. The van der Waals surface area contributed by atoms with E-state index in [4.69, 9.17) is 21.7 Å². The second-order valence-corrected chi connectivity index (χ2v) is 9.61. The van der Waals surface area contributed by atoms with Gasteiger partial charge in [0.25, 0.3) is 17.5 Å². The van der Waals surface area contributed by atoms with Gasteiger partial charge in [0.2, 0.25) is 0 Å². The smallest absolute Gasteiger partial charge is 0.343 e. The van der Waals surface area contributed by atoms with Crippen molar-refractivity contribution in [3.05, 3.63) is 104 Å². The van der Waals surface area contributed by atoms with Crippen LogP contribution in [0.2, 0.25) is 0 Å². The quantitative estimate of drug-likeness (QED) is 0.112. The molecule has 12 heteroatoms. The van der Waals surface area contributed by atoms with Gasteiger partial charge in [0.05, 0.1) is 22.5 Å². The summed E-state index contributed by atoms with van der Waals surface area (Å²) in [6.07, 6.45) is 1.56. The molecule has 1 aliphatic rings. The van der Waals surface area contributed by atoms with Gasteiger partial charge in [-0.25, -0.2) is 4.79 Å². The molecule has 1 N–H and O–H groups in total. The Hall–Kier alpha value is -4.55. The topological polar surface area (TPSA) is 128 Å². The summed E-state index contributed by atoms with van der Waals surface area (Å²) in [6, 6.07) is 16.7. The zero-order valence-corrected chi connectivity index (χ0v) is 21.6. The Morgan fingerprint density at radius 2 is 1.79 bits per heavy atom. The summed E-state index contributed by atoms with van der Waals surface area (Å²) >= 11 is 6.30. The number of hydrogen-bond donors (Lipinski definition) is 1. The summed E-state index contributed by atoms with van der Waals surface area (Å²) in [5.74, 6) is -1.50. The molecule has 3 aromatic rings. The number of non-ortho nitro benzene ring substituents is 1. The average molecular weight is 550 g/mol. The molecule has 0 unspecified atom stereocenters. The first-order chi connectivity index (χ1) is 18.2. The third-order valence-electron chi connectivity index (χ3n) is 5.30. The Labute approximate surface area is 226 Å². The van der Waals surface area contributed by atoms with Gasteiger partial charge in [0.15, 0.2) is 15.8 Å². The number of ether oxygens (including phenoxy) is 2. The predicted octanol–water partition coefficient (Wildman–Crippen LogP) is 4.68. The van der Waals surface area contributed by atoms with Crippen LogP contribution in [0.25, 0.3) is 6.08 Å². The zero-order chi connectivity index (χ0) is 27.4. The van der Waals surface area contributed by atoms with Crippen molar-refractivity contribution in [2.45, 2.75) is 6.92 Å². The number of amides is 2. The minimum Gasteiger partial charge on any atom is -0.493 e. The molecule has 2 amide bonds. The Kier molecular flexibility index (Phi) is 7.84. The van der Waals surface area contributed by atoms with E-state index in [9.17, 15) is 24.5 Å². The lowest BCUT2D eigenvalue weighted by atomic mass is 10.1. The van der Waals surface area contributed by atoms with Crippen LogP contribution in [0, 0.1) is 17.0 Å². The lowest BCUT2D eigenvalue weighted by Gasteiger charge is -2.15. The van der Waals surface area contributed by atoms with Gasteiger partial charge in [0, 0.05) is 17.7 Å². The fraction of sp³-hybridized carbons (Fsp3) is 0.0769. The number of nitrogens with one attached hydrogen (secondary N) is 1. The molecule has 1 saturated heterocycles. The molecular weight excluding hydrogens is 530 g/mol. The predicted molar refractivity (Wildman–Crippen MR) is 145 cm³/mol. The molecular formula is C26H19N3O7S2. The van der Waals surface area contributed by atoms with Gasteiger partial charge in [0.1, 0.15) is 0 Å². The molecule has 1 heterocycles. The number of thioether (sulfide) groups is 1. The summed E-state index contributed by atoms with van der Waals surface area (Å²) in [6.45, 7) is 1.90. The van der Waals surface area contributed by atoms with E-state index in [1.807, 2.05) is 6.92 Å². The number of hydrazine groups is 1. The zero-order valence-electron chi connectivity index (χ0n) is 20.0. The number of carbonyl (C=O) groups is 3. The molecule has 4 rings (SSSR count). The van der Waals surface area contributed by atoms with Crippen molar-refractivity contribution in [2.75, 3.05) is 7.11 Å². The van der Waals surface area contributed by atoms with Gasteiger partial charge in [-0.05, 0) is 61.1 Å². The van der Waals surface area contributed by atoms with Crippen molar-refractivity contribution in [1.82, 2.24) is 10.4 Å². The summed E-state index contributed by atoms with van der Waals surface area (Å²) in [4.78, 5) is 48.6. The minimum atomic E-state index is -0.801. The Balaban J connectivity index is 1.49. The molecule has 0 radical (unpaired) electrons. The molecule has 10 nitrogen and oxygen atoms in total. The van der Waals surface area contributed by atoms with Crippen LogP contribution in [-0.4, -0.2) is 39.1 Å². The molecule has 3 aromatic carbocycles. The van der Waals surface area contributed by atoms with Crippen LogP contribution < -0.4 is 14.9 Å². The second kappa shape index (κ2) is 11.2. The normalized spacial score (nSPS) is 13.9. The average Bonchev–Trinajstić information content (AvgIpc) is 3.16. The maximum Gasteiger partial charge on any atom is 0.343 e. The number of rotatable bonds is 7. The first-order valence-electron chi connectivity index (χ1n) is 11.0. The number of benzene rings is 3. The second-order valence-electron chi connectivity index (χ2n) is 7.93. The van der Waals surface area contributed by atoms with Gasteiger partial charge in [-0.2, -0.15) is 5.01 Å². The van der Waals surface area contributed by atoms with Gasteiger partial charge >= 0.3 is 5.97 Å². The third-order valence-corrected chi connectivity index (χ3v) is 6.60. The van der Waals surface area contributed by atoms with Crippen LogP contribution >= 0.6 is 24.0 Å². The van der Waals surface area contributed by atoms with Crippen LogP contribution in [0.15, 0.2) is 71.6 Å². The van der Waals surface area contributed by atoms with Gasteiger partial charge < -0.3 is 9.47 Å². The van der Waals surface area contributed by atoms with E-state index in [1.54, 1.807) is 42.5 Å².